The lowest BCUT2D eigenvalue weighted by Gasteiger charge is -2.27. The van der Waals surface area contributed by atoms with Gasteiger partial charge in [-0.15, -0.1) is 0 Å². The first kappa shape index (κ1) is 15.6. The largest absolute Gasteiger partial charge is 0.350 e. The second-order valence-corrected chi connectivity index (χ2v) is 6.56. The van der Waals surface area contributed by atoms with E-state index in [1.807, 2.05) is 12.1 Å². The smallest absolute Gasteiger partial charge is 0.255 e. The van der Waals surface area contributed by atoms with Gasteiger partial charge in [0.15, 0.2) is 0 Å². The highest BCUT2D eigenvalue weighted by molar-refractivity contribution is 6.01. The second-order valence-electron chi connectivity index (χ2n) is 6.56. The van der Waals surface area contributed by atoms with E-state index < -0.39 is 5.54 Å². The SMILES string of the molecule is O=C(c1cc[nH]c(=O)c1)N1CCC2CC21C(=O)NCc1cccnc1. The number of carbonyl (C=O) groups is 2. The number of nitrogens with zero attached hydrogens (tertiary/aromatic N) is 2. The summed E-state index contributed by atoms with van der Waals surface area (Å²) in [6, 6.07) is 6.56. The van der Waals surface area contributed by atoms with Crippen molar-refractivity contribution in [2.75, 3.05) is 6.54 Å². The molecule has 2 N–H and O–H groups in total. The number of carbonyl (C=O) groups excluding carboxylic acids is 2. The monoisotopic (exact) mass is 338 g/mol. The summed E-state index contributed by atoms with van der Waals surface area (Å²) >= 11 is 0. The zero-order valence-corrected chi connectivity index (χ0v) is 13.6. The molecule has 0 bridgehead atoms. The van der Waals surface area contributed by atoms with Gasteiger partial charge in [-0.3, -0.25) is 19.4 Å². The van der Waals surface area contributed by atoms with Gasteiger partial charge in [0, 0.05) is 43.3 Å². The van der Waals surface area contributed by atoms with Crippen molar-refractivity contribution in [3.05, 3.63) is 64.3 Å². The van der Waals surface area contributed by atoms with Gasteiger partial charge in [-0.05, 0) is 36.5 Å². The van der Waals surface area contributed by atoms with Crippen LogP contribution in [-0.4, -0.2) is 38.8 Å². The zero-order chi connectivity index (χ0) is 17.4. The van der Waals surface area contributed by atoms with Crippen LogP contribution in [-0.2, 0) is 11.3 Å². The van der Waals surface area contributed by atoms with E-state index in [0.29, 0.717) is 25.1 Å². The number of nitrogens with one attached hydrogen (secondary N) is 2. The fourth-order valence-corrected chi connectivity index (χ4v) is 3.73. The lowest BCUT2D eigenvalue weighted by molar-refractivity contribution is -0.126. The van der Waals surface area contributed by atoms with E-state index in [2.05, 4.69) is 15.3 Å². The van der Waals surface area contributed by atoms with Gasteiger partial charge in [0.25, 0.3) is 5.91 Å². The summed E-state index contributed by atoms with van der Waals surface area (Å²) in [6.07, 6.45) is 6.33. The fraction of sp³-hybridized carbons (Fsp3) is 0.333. The number of H-pyrrole nitrogens is 1. The third-order valence-corrected chi connectivity index (χ3v) is 5.09. The van der Waals surface area contributed by atoms with Crippen LogP contribution in [0.1, 0.15) is 28.8 Å². The molecule has 128 valence electrons. The number of aromatic nitrogens is 2. The van der Waals surface area contributed by atoms with Gasteiger partial charge >= 0.3 is 0 Å². The molecule has 0 spiro atoms. The third kappa shape index (κ3) is 2.61. The number of hydrogen-bond acceptors (Lipinski definition) is 4. The molecule has 0 radical (unpaired) electrons. The lowest BCUT2D eigenvalue weighted by Crippen LogP contribution is -2.50. The molecule has 2 atom stereocenters. The van der Waals surface area contributed by atoms with Crippen LogP contribution in [0, 0.1) is 5.92 Å². The zero-order valence-electron chi connectivity index (χ0n) is 13.6. The van der Waals surface area contributed by atoms with Gasteiger partial charge in [-0.2, -0.15) is 0 Å². The molecule has 2 aromatic rings. The maximum absolute atomic E-state index is 12.8. The van der Waals surface area contributed by atoms with Crippen LogP contribution in [0.2, 0.25) is 0 Å². The summed E-state index contributed by atoms with van der Waals surface area (Å²) in [4.78, 5) is 45.2. The standard InChI is InChI=1S/C18H18N4O3/c23-15-8-13(3-6-20-15)16(24)22-7-4-14-9-18(14,22)17(25)21-11-12-2-1-5-19-10-12/h1-3,5-6,8,10,14H,4,7,9,11H2,(H,20,23)(H,21,25). The molecular weight excluding hydrogens is 320 g/mol. The van der Waals surface area contributed by atoms with Crippen molar-refractivity contribution in [2.45, 2.75) is 24.9 Å². The van der Waals surface area contributed by atoms with E-state index in [-0.39, 0.29) is 23.3 Å². The van der Waals surface area contributed by atoms with Crippen molar-refractivity contribution in [2.24, 2.45) is 5.92 Å². The topological polar surface area (TPSA) is 95.2 Å². The van der Waals surface area contributed by atoms with Crippen LogP contribution in [0.15, 0.2) is 47.7 Å². The predicted molar refractivity (Wildman–Crippen MR) is 89.6 cm³/mol. The summed E-state index contributed by atoms with van der Waals surface area (Å²) in [7, 11) is 0. The Morgan fingerprint density at radius 2 is 2.28 bits per heavy atom. The summed E-state index contributed by atoms with van der Waals surface area (Å²) in [6.45, 7) is 0.921. The number of fused-ring (bicyclic) bond motifs is 1. The lowest BCUT2D eigenvalue weighted by atomic mass is 10.1. The highest BCUT2D eigenvalue weighted by Gasteiger charge is 2.68. The van der Waals surface area contributed by atoms with E-state index in [1.54, 1.807) is 23.4 Å². The van der Waals surface area contributed by atoms with Gasteiger partial charge in [0.1, 0.15) is 5.54 Å². The number of amides is 2. The minimum absolute atomic E-state index is 0.128. The van der Waals surface area contributed by atoms with Crippen molar-refractivity contribution < 1.29 is 9.59 Å². The Kier molecular flexibility index (Phi) is 3.63. The van der Waals surface area contributed by atoms with Crippen LogP contribution in [0.3, 0.4) is 0 Å². The Morgan fingerprint density at radius 1 is 1.40 bits per heavy atom. The van der Waals surface area contributed by atoms with E-state index in [1.165, 1.54) is 12.3 Å². The van der Waals surface area contributed by atoms with Crippen molar-refractivity contribution in [1.29, 1.82) is 0 Å². The summed E-state index contributed by atoms with van der Waals surface area (Å²) in [5.41, 5.74) is 0.139. The predicted octanol–water partition coefficient (Wildman–Crippen LogP) is 0.691. The minimum Gasteiger partial charge on any atom is -0.350 e. The van der Waals surface area contributed by atoms with E-state index in [0.717, 1.165) is 12.0 Å². The number of aromatic amines is 1. The van der Waals surface area contributed by atoms with Gasteiger partial charge in [0.05, 0.1) is 0 Å². The minimum atomic E-state index is -0.762. The molecule has 7 nitrogen and oxygen atoms in total. The first-order chi connectivity index (χ1) is 12.1. The first-order valence-electron chi connectivity index (χ1n) is 8.29. The summed E-state index contributed by atoms with van der Waals surface area (Å²) < 4.78 is 0. The Balaban J connectivity index is 1.51. The molecule has 1 saturated carbocycles. The molecule has 2 unspecified atom stereocenters. The van der Waals surface area contributed by atoms with Crippen molar-refractivity contribution in [3.63, 3.8) is 0 Å². The Hall–Kier alpha value is -2.96. The molecular formula is C18H18N4O3. The molecule has 1 aliphatic carbocycles. The summed E-state index contributed by atoms with van der Waals surface area (Å²) in [5.74, 6) is -0.188. The molecule has 1 aliphatic heterocycles. The van der Waals surface area contributed by atoms with E-state index in [9.17, 15) is 14.4 Å². The highest BCUT2D eigenvalue weighted by atomic mass is 16.2. The van der Waals surface area contributed by atoms with Gasteiger partial charge in [0.2, 0.25) is 11.5 Å². The molecule has 2 amide bonds. The number of pyridine rings is 2. The van der Waals surface area contributed by atoms with Crippen molar-refractivity contribution in [1.82, 2.24) is 20.2 Å². The molecule has 7 heteroatoms. The molecule has 0 aromatic carbocycles. The Bertz CT molecular complexity index is 879. The quantitative estimate of drug-likeness (QED) is 0.857. The van der Waals surface area contributed by atoms with Crippen LogP contribution in [0.5, 0.6) is 0 Å². The average molecular weight is 338 g/mol. The number of hydrogen-bond donors (Lipinski definition) is 2. The Morgan fingerprint density at radius 3 is 3.00 bits per heavy atom. The third-order valence-electron chi connectivity index (χ3n) is 5.09. The van der Waals surface area contributed by atoms with Gasteiger partial charge in [-0.1, -0.05) is 6.07 Å². The maximum atomic E-state index is 12.8. The van der Waals surface area contributed by atoms with Gasteiger partial charge in [-0.25, -0.2) is 0 Å². The maximum Gasteiger partial charge on any atom is 0.255 e. The molecule has 25 heavy (non-hydrogen) atoms. The van der Waals surface area contributed by atoms with Crippen LogP contribution < -0.4 is 10.9 Å². The van der Waals surface area contributed by atoms with Crippen LogP contribution in [0.25, 0.3) is 0 Å². The Labute approximate surface area is 144 Å². The molecule has 2 aromatic heterocycles. The van der Waals surface area contributed by atoms with E-state index >= 15 is 0 Å². The average Bonchev–Trinajstić information content (AvgIpc) is 3.26. The summed E-state index contributed by atoms with van der Waals surface area (Å²) in [5, 5.41) is 2.93. The molecule has 3 heterocycles. The highest BCUT2D eigenvalue weighted by Crippen LogP contribution is 2.56. The number of likely N-dealkylation sites (tertiary alicyclic amines) is 1. The molecule has 4 rings (SSSR count). The fourth-order valence-electron chi connectivity index (χ4n) is 3.73. The van der Waals surface area contributed by atoms with Crippen LogP contribution in [0.4, 0.5) is 0 Å². The second kappa shape index (κ2) is 5.84. The van der Waals surface area contributed by atoms with E-state index in [4.69, 9.17) is 0 Å². The number of rotatable bonds is 4. The molecule has 2 fully saturated rings. The number of piperidine rings is 1. The molecule has 1 saturated heterocycles. The molecule has 2 aliphatic rings. The van der Waals surface area contributed by atoms with Crippen molar-refractivity contribution >= 4 is 11.8 Å². The first-order valence-corrected chi connectivity index (χ1v) is 8.29. The normalized spacial score (nSPS) is 23.8. The van der Waals surface area contributed by atoms with Crippen LogP contribution >= 0.6 is 0 Å². The van der Waals surface area contributed by atoms with Gasteiger partial charge < -0.3 is 15.2 Å². The van der Waals surface area contributed by atoms with Crippen molar-refractivity contribution in [3.8, 4) is 0 Å².